The normalized spacial score (nSPS) is 15.5. The molecule has 104 valence electrons. The van der Waals surface area contributed by atoms with Gasteiger partial charge in [-0.05, 0) is 31.9 Å². The van der Waals surface area contributed by atoms with E-state index in [1.165, 1.54) is 0 Å². The van der Waals surface area contributed by atoms with Gasteiger partial charge in [0.25, 0.3) is 0 Å². The lowest BCUT2D eigenvalue weighted by molar-refractivity contribution is 0.427. The van der Waals surface area contributed by atoms with Gasteiger partial charge < -0.3 is 0 Å². The highest BCUT2D eigenvalue weighted by molar-refractivity contribution is 7.83. The Balaban J connectivity index is 2.82. The summed E-state index contributed by atoms with van der Waals surface area (Å²) in [5.41, 5.74) is 0.444. The third-order valence-electron chi connectivity index (χ3n) is 3.30. The van der Waals surface area contributed by atoms with Gasteiger partial charge in [0, 0.05) is 0 Å². The first kappa shape index (κ1) is 15.9. The van der Waals surface area contributed by atoms with Gasteiger partial charge in [-0.15, -0.1) is 0 Å². The van der Waals surface area contributed by atoms with Crippen molar-refractivity contribution in [2.75, 3.05) is 0 Å². The van der Waals surface area contributed by atoms with Crippen molar-refractivity contribution in [3.05, 3.63) is 29.8 Å². The summed E-state index contributed by atoms with van der Waals surface area (Å²) in [5.74, 6) is 0. The fourth-order valence-corrected chi connectivity index (χ4v) is 2.98. The molecule has 0 aromatic heterocycles. The van der Waals surface area contributed by atoms with Gasteiger partial charge in [-0.1, -0.05) is 44.4 Å². The predicted octanol–water partition coefficient (Wildman–Crippen LogP) is 3.47. The van der Waals surface area contributed by atoms with Crippen LogP contribution in [0.3, 0.4) is 0 Å². The fraction of sp³-hybridized carbons (Fsp3) is 0.533. The van der Waals surface area contributed by atoms with Crippen LogP contribution in [0.2, 0.25) is 0 Å². The number of nitriles is 1. The van der Waals surface area contributed by atoms with Crippen LogP contribution in [0.25, 0.3) is 0 Å². The molecule has 1 N–H and O–H groups in total. The van der Waals surface area contributed by atoms with Crippen molar-refractivity contribution in [2.24, 2.45) is 0 Å². The Morgan fingerprint density at radius 2 is 1.95 bits per heavy atom. The number of benzene rings is 1. The smallest absolute Gasteiger partial charge is 0.126 e. The van der Waals surface area contributed by atoms with E-state index in [-0.39, 0.29) is 0 Å². The lowest BCUT2D eigenvalue weighted by Gasteiger charge is -2.25. The summed E-state index contributed by atoms with van der Waals surface area (Å²) >= 11 is 0. The molecule has 0 radical (unpaired) electrons. The van der Waals surface area contributed by atoms with Gasteiger partial charge >= 0.3 is 0 Å². The van der Waals surface area contributed by atoms with Crippen LogP contribution in [0, 0.1) is 18.3 Å². The summed E-state index contributed by atoms with van der Waals surface area (Å²) in [6.07, 6.45) is 3.37. The highest BCUT2D eigenvalue weighted by atomic mass is 32.2. The molecule has 1 aromatic carbocycles. The van der Waals surface area contributed by atoms with Crippen LogP contribution in [0.4, 0.5) is 0 Å². The van der Waals surface area contributed by atoms with E-state index in [4.69, 9.17) is 0 Å². The molecule has 0 spiro atoms. The Kier molecular flexibility index (Phi) is 6.20. The first-order valence-electron chi connectivity index (χ1n) is 6.74. The van der Waals surface area contributed by atoms with Gasteiger partial charge in [0.15, 0.2) is 0 Å². The lowest BCUT2D eigenvalue weighted by Crippen LogP contribution is -2.44. The zero-order chi connectivity index (χ0) is 14.3. The van der Waals surface area contributed by atoms with Gasteiger partial charge in [-0.25, -0.2) is 8.93 Å². The zero-order valence-electron chi connectivity index (χ0n) is 11.9. The second kappa shape index (κ2) is 7.42. The first-order chi connectivity index (χ1) is 9.06. The SMILES string of the molecule is CCCC[C@](C#N)(CC)N[S@@](=O)c1ccc(C)cc1. The lowest BCUT2D eigenvalue weighted by atomic mass is 9.93. The summed E-state index contributed by atoms with van der Waals surface area (Å²) in [5, 5.41) is 9.40. The number of unbranched alkanes of at least 4 members (excludes halogenated alkanes) is 1. The monoisotopic (exact) mass is 278 g/mol. The number of hydrogen-bond acceptors (Lipinski definition) is 2. The Bertz CT molecular complexity index is 464. The number of hydrogen-bond donors (Lipinski definition) is 1. The third kappa shape index (κ3) is 4.45. The molecule has 0 amide bonds. The van der Waals surface area contributed by atoms with Crippen LogP contribution in [0.1, 0.15) is 45.1 Å². The highest BCUT2D eigenvalue weighted by Crippen LogP contribution is 2.20. The molecule has 3 nitrogen and oxygen atoms in total. The van der Waals surface area contributed by atoms with E-state index in [1.54, 1.807) is 0 Å². The van der Waals surface area contributed by atoms with Crippen molar-refractivity contribution < 1.29 is 4.21 Å². The fourth-order valence-electron chi connectivity index (χ4n) is 1.83. The molecular weight excluding hydrogens is 256 g/mol. The summed E-state index contributed by atoms with van der Waals surface area (Å²) in [6.45, 7) is 6.04. The van der Waals surface area contributed by atoms with E-state index in [9.17, 15) is 9.47 Å². The Hall–Kier alpha value is -1.18. The van der Waals surface area contributed by atoms with Crippen LogP contribution in [-0.4, -0.2) is 9.75 Å². The summed E-state index contributed by atoms with van der Waals surface area (Å²) in [7, 11) is -1.34. The second-order valence-electron chi connectivity index (χ2n) is 4.83. The maximum atomic E-state index is 12.3. The Labute approximate surface area is 118 Å². The molecule has 0 heterocycles. The minimum absolute atomic E-state index is 0.654. The second-order valence-corrected chi connectivity index (χ2v) is 6.05. The van der Waals surface area contributed by atoms with E-state index >= 15 is 0 Å². The maximum Gasteiger partial charge on any atom is 0.126 e. The maximum absolute atomic E-state index is 12.3. The van der Waals surface area contributed by atoms with Crippen molar-refractivity contribution in [1.29, 1.82) is 5.26 Å². The average molecular weight is 278 g/mol. The molecule has 1 aromatic rings. The minimum Gasteiger partial charge on any atom is -0.237 e. The van der Waals surface area contributed by atoms with Crippen molar-refractivity contribution >= 4 is 11.0 Å². The van der Waals surface area contributed by atoms with E-state index in [0.717, 1.165) is 29.7 Å². The molecule has 4 heteroatoms. The van der Waals surface area contributed by atoms with Crippen LogP contribution in [0.15, 0.2) is 29.2 Å². The molecule has 0 bridgehead atoms. The minimum atomic E-state index is -1.34. The van der Waals surface area contributed by atoms with Gasteiger partial charge in [0.05, 0.1) is 11.0 Å². The number of rotatable bonds is 7. The molecule has 0 aliphatic rings. The van der Waals surface area contributed by atoms with Crippen LogP contribution in [-0.2, 0) is 11.0 Å². The third-order valence-corrected chi connectivity index (χ3v) is 4.57. The van der Waals surface area contributed by atoms with E-state index in [1.807, 2.05) is 38.1 Å². The van der Waals surface area contributed by atoms with Gasteiger partial charge in [-0.2, -0.15) is 5.26 Å². The van der Waals surface area contributed by atoms with Crippen LogP contribution in [0.5, 0.6) is 0 Å². The van der Waals surface area contributed by atoms with Gasteiger partial charge in [0.2, 0.25) is 0 Å². The molecule has 1 rings (SSSR count). The molecule has 0 unspecified atom stereocenters. The standard InChI is InChI=1S/C15H22N2OS/c1-4-6-11-15(5-2,12-16)17-19(18)14-9-7-13(3)8-10-14/h7-10,17H,4-6,11H2,1-3H3/t15-,19-/m0/s1. The molecule has 2 atom stereocenters. The molecule has 0 saturated carbocycles. The number of aryl methyl sites for hydroxylation is 1. The summed E-state index contributed by atoms with van der Waals surface area (Å²) in [6, 6.07) is 9.86. The largest absolute Gasteiger partial charge is 0.237 e. The van der Waals surface area contributed by atoms with E-state index in [0.29, 0.717) is 6.42 Å². The van der Waals surface area contributed by atoms with Crippen molar-refractivity contribution in [3.8, 4) is 6.07 Å². The van der Waals surface area contributed by atoms with Gasteiger partial charge in [0.1, 0.15) is 16.5 Å². The molecule has 0 fully saturated rings. The Morgan fingerprint density at radius 1 is 1.32 bits per heavy atom. The van der Waals surface area contributed by atoms with Crippen molar-refractivity contribution in [2.45, 2.75) is 56.9 Å². The van der Waals surface area contributed by atoms with Crippen LogP contribution >= 0.6 is 0 Å². The highest BCUT2D eigenvalue weighted by Gasteiger charge is 2.29. The molecule has 0 aliphatic carbocycles. The van der Waals surface area contributed by atoms with E-state index < -0.39 is 16.5 Å². The summed E-state index contributed by atoms with van der Waals surface area (Å²) < 4.78 is 15.3. The van der Waals surface area contributed by atoms with E-state index in [2.05, 4.69) is 17.7 Å². The van der Waals surface area contributed by atoms with Gasteiger partial charge in [-0.3, -0.25) is 0 Å². The Morgan fingerprint density at radius 3 is 2.42 bits per heavy atom. The first-order valence-corrected chi connectivity index (χ1v) is 7.89. The molecular formula is C15H22N2OS. The van der Waals surface area contributed by atoms with Crippen molar-refractivity contribution in [3.63, 3.8) is 0 Å². The predicted molar refractivity (Wildman–Crippen MR) is 78.9 cm³/mol. The quantitative estimate of drug-likeness (QED) is 0.830. The summed E-state index contributed by atoms with van der Waals surface area (Å²) in [4.78, 5) is 0.718. The van der Waals surface area contributed by atoms with Crippen LogP contribution < -0.4 is 4.72 Å². The van der Waals surface area contributed by atoms with Crippen molar-refractivity contribution in [1.82, 2.24) is 4.72 Å². The topological polar surface area (TPSA) is 52.9 Å². The zero-order valence-corrected chi connectivity index (χ0v) is 12.7. The average Bonchev–Trinajstić information content (AvgIpc) is 2.44. The molecule has 0 saturated heterocycles. The number of nitrogens with zero attached hydrogens (tertiary/aromatic N) is 1. The molecule has 0 aliphatic heterocycles. The molecule has 19 heavy (non-hydrogen) atoms. The number of nitrogens with one attached hydrogen (secondary N) is 1.